The van der Waals surface area contributed by atoms with Gasteiger partial charge in [-0.1, -0.05) is 30.0 Å². The number of thioether (sulfide) groups is 1. The Hall–Kier alpha value is -2.49. The monoisotopic (exact) mass is 401 g/mol. The van der Waals surface area contributed by atoms with Gasteiger partial charge in [-0.3, -0.25) is 14.9 Å². The fraction of sp³-hybridized carbons (Fsp3) is 0.0588. The van der Waals surface area contributed by atoms with Crippen molar-refractivity contribution < 1.29 is 4.92 Å². The van der Waals surface area contributed by atoms with Crippen LogP contribution in [0, 0.1) is 10.1 Å². The molecule has 1 N–H and O–H groups in total. The highest BCUT2D eigenvalue weighted by atomic mass is 32.2. The second-order valence-corrected chi connectivity index (χ2v) is 8.16. The number of hydrogen-bond acceptors (Lipinski definition) is 7. The zero-order valence-corrected chi connectivity index (χ0v) is 15.6. The van der Waals surface area contributed by atoms with Gasteiger partial charge < -0.3 is 4.98 Å². The molecule has 0 saturated heterocycles. The van der Waals surface area contributed by atoms with Crippen molar-refractivity contribution in [3.8, 4) is 10.4 Å². The van der Waals surface area contributed by atoms with Crippen LogP contribution < -0.4 is 5.56 Å². The van der Waals surface area contributed by atoms with Crippen LogP contribution in [-0.2, 0) is 5.75 Å². The maximum absolute atomic E-state index is 12.5. The Morgan fingerprint density at radius 2 is 2.00 bits per heavy atom. The number of fused-ring (bicyclic) bond motifs is 1. The van der Waals surface area contributed by atoms with Gasteiger partial charge in [-0.25, -0.2) is 4.98 Å². The molecule has 4 aromatic rings. The third-order valence-electron chi connectivity index (χ3n) is 3.73. The van der Waals surface area contributed by atoms with Crippen LogP contribution >= 0.6 is 34.4 Å². The van der Waals surface area contributed by atoms with Crippen LogP contribution in [0.5, 0.6) is 0 Å². The number of nitrogens with zero attached hydrogens (tertiary/aromatic N) is 2. The van der Waals surface area contributed by atoms with Gasteiger partial charge in [0.25, 0.3) is 11.2 Å². The highest BCUT2D eigenvalue weighted by Gasteiger charge is 2.14. The van der Waals surface area contributed by atoms with E-state index in [9.17, 15) is 14.9 Å². The number of benzene rings is 1. The number of nitrogens with one attached hydrogen (secondary N) is 1. The van der Waals surface area contributed by atoms with Crippen LogP contribution in [0.1, 0.15) is 5.56 Å². The topological polar surface area (TPSA) is 88.9 Å². The van der Waals surface area contributed by atoms with E-state index in [0.717, 1.165) is 16.0 Å². The van der Waals surface area contributed by atoms with Gasteiger partial charge in [-0.05, 0) is 17.0 Å². The number of hydrogen-bond donors (Lipinski definition) is 1. The van der Waals surface area contributed by atoms with Gasteiger partial charge >= 0.3 is 0 Å². The summed E-state index contributed by atoms with van der Waals surface area (Å²) < 4.78 is 0. The van der Waals surface area contributed by atoms with Crippen molar-refractivity contribution in [2.45, 2.75) is 10.9 Å². The Morgan fingerprint density at radius 3 is 2.69 bits per heavy atom. The first-order chi connectivity index (χ1) is 12.6. The van der Waals surface area contributed by atoms with Gasteiger partial charge in [-0.15, -0.1) is 22.7 Å². The predicted molar refractivity (Wildman–Crippen MR) is 106 cm³/mol. The molecular formula is C17H11N3O3S3. The maximum Gasteiger partial charge on any atom is 0.269 e. The number of rotatable bonds is 5. The van der Waals surface area contributed by atoms with Crippen LogP contribution in [-0.4, -0.2) is 14.9 Å². The van der Waals surface area contributed by atoms with Gasteiger partial charge in [0.15, 0.2) is 5.16 Å². The summed E-state index contributed by atoms with van der Waals surface area (Å²) >= 11 is 4.44. The number of thiophene rings is 2. The molecule has 26 heavy (non-hydrogen) atoms. The molecule has 130 valence electrons. The molecular weight excluding hydrogens is 390 g/mol. The van der Waals surface area contributed by atoms with Gasteiger partial charge in [-0.2, -0.15) is 0 Å². The summed E-state index contributed by atoms with van der Waals surface area (Å²) in [6, 6.07) is 10.3. The Balaban J connectivity index is 1.58. The molecule has 0 aliphatic rings. The van der Waals surface area contributed by atoms with E-state index in [0.29, 0.717) is 21.1 Å². The summed E-state index contributed by atoms with van der Waals surface area (Å²) in [7, 11) is 0. The third kappa shape index (κ3) is 3.28. The number of aromatic nitrogens is 2. The first-order valence-electron chi connectivity index (χ1n) is 7.53. The molecule has 3 aromatic heterocycles. The normalized spacial score (nSPS) is 11.1. The molecule has 6 nitrogen and oxygen atoms in total. The fourth-order valence-corrected chi connectivity index (χ4v) is 5.11. The molecule has 0 atom stereocenters. The van der Waals surface area contributed by atoms with Gasteiger partial charge in [0.05, 0.1) is 10.3 Å². The average Bonchev–Trinajstić information content (AvgIpc) is 3.29. The molecule has 0 aliphatic carbocycles. The van der Waals surface area contributed by atoms with Crippen LogP contribution in [0.25, 0.3) is 20.7 Å². The lowest BCUT2D eigenvalue weighted by Crippen LogP contribution is -2.08. The Morgan fingerprint density at radius 1 is 1.19 bits per heavy atom. The molecule has 0 fully saturated rings. The highest BCUT2D eigenvalue weighted by Crippen LogP contribution is 2.34. The van der Waals surface area contributed by atoms with Crippen molar-refractivity contribution in [1.82, 2.24) is 9.97 Å². The molecule has 0 bridgehead atoms. The molecule has 1 aromatic carbocycles. The average molecular weight is 401 g/mol. The van der Waals surface area contributed by atoms with E-state index >= 15 is 0 Å². The summed E-state index contributed by atoms with van der Waals surface area (Å²) in [4.78, 5) is 32.0. The lowest BCUT2D eigenvalue weighted by molar-refractivity contribution is -0.384. The molecule has 0 radical (unpaired) electrons. The fourth-order valence-electron chi connectivity index (χ4n) is 2.48. The number of nitro groups is 1. The van der Waals surface area contributed by atoms with Gasteiger partial charge in [0, 0.05) is 33.7 Å². The third-order valence-corrected chi connectivity index (χ3v) is 6.45. The van der Waals surface area contributed by atoms with Crippen LogP contribution in [0.2, 0.25) is 0 Å². The smallest absolute Gasteiger partial charge is 0.269 e. The highest BCUT2D eigenvalue weighted by molar-refractivity contribution is 7.98. The lowest BCUT2D eigenvalue weighted by atomic mass is 10.2. The SMILES string of the molecule is O=c1[nH]c(SCc2ccc([N+](=O)[O-])cc2)nc2scc(-c3cccs3)c12. The second kappa shape index (κ2) is 7.02. The zero-order chi connectivity index (χ0) is 18.1. The van der Waals surface area contributed by atoms with Gasteiger partial charge in [0.2, 0.25) is 0 Å². The van der Waals surface area contributed by atoms with Crippen molar-refractivity contribution in [3.05, 3.63) is 73.2 Å². The van der Waals surface area contributed by atoms with Crippen molar-refractivity contribution in [1.29, 1.82) is 0 Å². The molecule has 4 rings (SSSR count). The number of nitro benzene ring substituents is 1. The van der Waals surface area contributed by atoms with Crippen molar-refractivity contribution in [3.63, 3.8) is 0 Å². The van der Waals surface area contributed by atoms with Crippen LogP contribution in [0.15, 0.2) is 57.1 Å². The van der Waals surface area contributed by atoms with E-state index < -0.39 is 4.92 Å². The number of aromatic amines is 1. The van der Waals surface area contributed by atoms with Crippen LogP contribution in [0.3, 0.4) is 0 Å². The maximum atomic E-state index is 12.5. The number of H-pyrrole nitrogens is 1. The van der Waals surface area contributed by atoms with Crippen molar-refractivity contribution in [2.24, 2.45) is 0 Å². The minimum atomic E-state index is -0.425. The summed E-state index contributed by atoms with van der Waals surface area (Å²) in [5.41, 5.74) is 1.76. The summed E-state index contributed by atoms with van der Waals surface area (Å²) in [6.07, 6.45) is 0. The molecule has 0 unspecified atom stereocenters. The lowest BCUT2D eigenvalue weighted by Gasteiger charge is -2.02. The summed E-state index contributed by atoms with van der Waals surface area (Å²) in [6.45, 7) is 0. The van der Waals surface area contributed by atoms with E-state index in [1.54, 1.807) is 23.5 Å². The van der Waals surface area contributed by atoms with E-state index in [2.05, 4.69) is 9.97 Å². The Bertz CT molecular complexity index is 1130. The summed E-state index contributed by atoms with van der Waals surface area (Å²) in [5.74, 6) is 0.565. The molecule has 0 saturated carbocycles. The van der Waals surface area contributed by atoms with Crippen molar-refractivity contribution in [2.75, 3.05) is 0 Å². The van der Waals surface area contributed by atoms with Gasteiger partial charge in [0.1, 0.15) is 4.83 Å². The largest absolute Gasteiger partial charge is 0.301 e. The molecule has 3 heterocycles. The standard InChI is InChI=1S/C17H11N3O3S3/c21-15-14-12(13-2-1-7-24-13)9-25-16(14)19-17(18-15)26-8-10-3-5-11(6-4-10)20(22)23/h1-7,9H,8H2,(H,18,19,21). The van der Waals surface area contributed by atoms with Crippen LogP contribution in [0.4, 0.5) is 5.69 Å². The second-order valence-electron chi connectivity index (χ2n) is 5.39. The predicted octanol–water partition coefficient (Wildman–Crippen LogP) is 4.91. The van der Waals surface area contributed by atoms with E-state index in [1.807, 2.05) is 22.9 Å². The summed E-state index contributed by atoms with van der Waals surface area (Å²) in [5, 5.41) is 15.8. The zero-order valence-electron chi connectivity index (χ0n) is 13.2. The van der Waals surface area contributed by atoms with E-state index in [-0.39, 0.29) is 11.2 Å². The molecule has 9 heteroatoms. The first-order valence-corrected chi connectivity index (χ1v) is 10.3. The number of non-ortho nitro benzene ring substituents is 1. The molecule has 0 amide bonds. The quantitative estimate of drug-likeness (QED) is 0.222. The Labute approximate surface area is 159 Å². The van der Waals surface area contributed by atoms with Crippen molar-refractivity contribution >= 4 is 50.3 Å². The molecule has 0 spiro atoms. The minimum absolute atomic E-state index is 0.0615. The Kier molecular flexibility index (Phi) is 4.58. The van der Waals surface area contributed by atoms with E-state index in [4.69, 9.17) is 0 Å². The molecule has 0 aliphatic heterocycles. The first kappa shape index (κ1) is 17.0. The van der Waals surface area contributed by atoms with E-state index in [1.165, 1.54) is 35.2 Å². The minimum Gasteiger partial charge on any atom is -0.301 e.